The predicted molar refractivity (Wildman–Crippen MR) is 104 cm³/mol. The van der Waals surface area contributed by atoms with Gasteiger partial charge in [0.05, 0.1) is 6.54 Å². The fraction of sp³-hybridized carbons (Fsp3) is 0.545. The zero-order chi connectivity index (χ0) is 18.7. The van der Waals surface area contributed by atoms with Gasteiger partial charge in [0.25, 0.3) is 0 Å². The fourth-order valence-electron chi connectivity index (χ4n) is 3.72. The lowest BCUT2D eigenvalue weighted by Gasteiger charge is -2.26. The molecule has 1 aliphatic rings. The van der Waals surface area contributed by atoms with Gasteiger partial charge in [0, 0.05) is 24.1 Å². The molecule has 140 valence electrons. The summed E-state index contributed by atoms with van der Waals surface area (Å²) in [5.41, 5.74) is 4.35. The van der Waals surface area contributed by atoms with Crippen LogP contribution in [-0.2, 0) is 11.3 Å². The molecule has 26 heavy (non-hydrogen) atoms. The molecule has 0 bridgehead atoms. The highest BCUT2D eigenvalue weighted by Crippen LogP contribution is 2.28. The maximum Gasteiger partial charge on any atom is 0.226 e. The van der Waals surface area contributed by atoms with Gasteiger partial charge in [-0.2, -0.15) is 0 Å². The Bertz CT molecular complexity index is 757. The van der Waals surface area contributed by atoms with Crippen molar-refractivity contribution in [1.29, 1.82) is 0 Å². The Morgan fingerprint density at radius 1 is 1.19 bits per heavy atom. The lowest BCUT2D eigenvalue weighted by Crippen LogP contribution is -2.37. The van der Waals surface area contributed by atoms with Crippen LogP contribution >= 0.6 is 0 Å². The van der Waals surface area contributed by atoms with E-state index >= 15 is 0 Å². The molecule has 4 nitrogen and oxygen atoms in total. The summed E-state index contributed by atoms with van der Waals surface area (Å²) >= 11 is 0. The zero-order valence-corrected chi connectivity index (χ0v) is 16.4. The molecule has 1 aromatic heterocycles. The van der Waals surface area contributed by atoms with Gasteiger partial charge < -0.3 is 9.42 Å². The van der Waals surface area contributed by atoms with E-state index in [-0.39, 0.29) is 11.8 Å². The van der Waals surface area contributed by atoms with Gasteiger partial charge in [0.15, 0.2) is 5.76 Å². The van der Waals surface area contributed by atoms with Crippen molar-refractivity contribution in [2.75, 3.05) is 6.54 Å². The van der Waals surface area contributed by atoms with Crippen molar-refractivity contribution in [3.8, 4) is 11.3 Å². The summed E-state index contributed by atoms with van der Waals surface area (Å²) in [4.78, 5) is 14.9. The van der Waals surface area contributed by atoms with E-state index in [1.807, 2.05) is 11.0 Å². The van der Waals surface area contributed by atoms with Gasteiger partial charge in [-0.1, -0.05) is 44.0 Å². The molecule has 1 saturated carbocycles. The van der Waals surface area contributed by atoms with Gasteiger partial charge in [0.2, 0.25) is 5.91 Å². The molecule has 0 N–H and O–H groups in total. The maximum atomic E-state index is 12.9. The number of benzene rings is 1. The summed E-state index contributed by atoms with van der Waals surface area (Å²) in [5.74, 6) is 1.68. The lowest BCUT2D eigenvalue weighted by molar-refractivity contribution is -0.136. The van der Waals surface area contributed by atoms with E-state index in [4.69, 9.17) is 4.52 Å². The first kappa shape index (κ1) is 18.7. The van der Waals surface area contributed by atoms with Crippen LogP contribution in [0, 0.1) is 25.7 Å². The van der Waals surface area contributed by atoms with Crippen LogP contribution in [0.3, 0.4) is 0 Å². The molecule has 0 saturated heterocycles. The van der Waals surface area contributed by atoms with Crippen LogP contribution in [-0.4, -0.2) is 22.5 Å². The van der Waals surface area contributed by atoms with Crippen LogP contribution in [0.25, 0.3) is 11.3 Å². The third-order valence-corrected chi connectivity index (χ3v) is 5.30. The molecule has 2 aromatic rings. The molecule has 1 fully saturated rings. The Morgan fingerprint density at radius 3 is 2.58 bits per heavy atom. The Morgan fingerprint density at radius 2 is 1.92 bits per heavy atom. The summed E-state index contributed by atoms with van der Waals surface area (Å²) < 4.78 is 5.57. The van der Waals surface area contributed by atoms with Crippen LogP contribution in [0.1, 0.15) is 56.4 Å². The van der Waals surface area contributed by atoms with Crippen molar-refractivity contribution in [2.45, 2.75) is 59.9 Å². The molecule has 0 aliphatic heterocycles. The monoisotopic (exact) mass is 354 g/mol. The topological polar surface area (TPSA) is 46.3 Å². The minimum atomic E-state index is 0.194. The van der Waals surface area contributed by atoms with E-state index < -0.39 is 0 Å². The quantitative estimate of drug-likeness (QED) is 0.722. The SMILES string of the molecule is Cc1ccc(-c2cc(CN(CC(C)C)C(=O)C3CCCC3)no2)cc1C. The first-order chi connectivity index (χ1) is 12.4. The summed E-state index contributed by atoms with van der Waals surface area (Å²) in [6.45, 7) is 9.80. The third kappa shape index (κ3) is 4.35. The van der Waals surface area contributed by atoms with E-state index in [2.05, 4.69) is 51.1 Å². The smallest absolute Gasteiger partial charge is 0.226 e. The van der Waals surface area contributed by atoms with Gasteiger partial charge in [-0.05, 0) is 49.8 Å². The second-order valence-corrected chi connectivity index (χ2v) is 8.08. The highest BCUT2D eigenvalue weighted by Gasteiger charge is 2.28. The molecular weight excluding hydrogens is 324 g/mol. The summed E-state index contributed by atoms with van der Waals surface area (Å²) in [6.07, 6.45) is 4.40. The number of hydrogen-bond acceptors (Lipinski definition) is 3. The van der Waals surface area contributed by atoms with Gasteiger partial charge in [-0.3, -0.25) is 4.79 Å². The normalized spacial score (nSPS) is 15.0. The van der Waals surface area contributed by atoms with Crippen LogP contribution in [0.2, 0.25) is 0 Å². The van der Waals surface area contributed by atoms with E-state index in [1.165, 1.54) is 24.0 Å². The van der Waals surface area contributed by atoms with Crippen molar-refractivity contribution >= 4 is 5.91 Å². The molecule has 1 heterocycles. The van der Waals surface area contributed by atoms with Crippen molar-refractivity contribution in [3.63, 3.8) is 0 Å². The van der Waals surface area contributed by atoms with Gasteiger partial charge in [-0.15, -0.1) is 0 Å². The Hall–Kier alpha value is -2.10. The molecule has 1 aliphatic carbocycles. The average molecular weight is 354 g/mol. The second-order valence-electron chi connectivity index (χ2n) is 8.08. The molecule has 0 spiro atoms. The molecular formula is C22H30N2O2. The number of nitrogens with zero attached hydrogens (tertiary/aromatic N) is 2. The molecule has 0 unspecified atom stereocenters. The molecule has 4 heteroatoms. The molecule has 1 amide bonds. The zero-order valence-electron chi connectivity index (χ0n) is 16.4. The average Bonchev–Trinajstić information content (AvgIpc) is 3.27. The van der Waals surface area contributed by atoms with E-state index in [0.717, 1.165) is 36.4 Å². The van der Waals surface area contributed by atoms with E-state index in [0.29, 0.717) is 12.5 Å². The number of hydrogen-bond donors (Lipinski definition) is 0. The fourth-order valence-corrected chi connectivity index (χ4v) is 3.72. The van der Waals surface area contributed by atoms with Gasteiger partial charge in [-0.25, -0.2) is 0 Å². The van der Waals surface area contributed by atoms with Crippen molar-refractivity contribution < 1.29 is 9.32 Å². The third-order valence-electron chi connectivity index (χ3n) is 5.30. The molecule has 1 aromatic carbocycles. The Labute approximate surface area is 156 Å². The summed E-state index contributed by atoms with van der Waals surface area (Å²) in [5, 5.41) is 4.23. The van der Waals surface area contributed by atoms with Crippen LogP contribution in [0.5, 0.6) is 0 Å². The van der Waals surface area contributed by atoms with Crippen LogP contribution in [0.4, 0.5) is 0 Å². The summed E-state index contributed by atoms with van der Waals surface area (Å²) in [6, 6.07) is 8.25. The number of carbonyl (C=O) groups is 1. The van der Waals surface area contributed by atoms with Crippen molar-refractivity contribution in [2.24, 2.45) is 11.8 Å². The minimum Gasteiger partial charge on any atom is -0.356 e. The molecule has 3 rings (SSSR count). The van der Waals surface area contributed by atoms with Gasteiger partial charge in [0.1, 0.15) is 5.69 Å². The second kappa shape index (κ2) is 8.07. The highest BCUT2D eigenvalue weighted by atomic mass is 16.5. The number of carbonyl (C=O) groups excluding carboxylic acids is 1. The number of amides is 1. The van der Waals surface area contributed by atoms with E-state index in [9.17, 15) is 4.79 Å². The Kier molecular flexibility index (Phi) is 5.80. The van der Waals surface area contributed by atoms with E-state index in [1.54, 1.807) is 0 Å². The maximum absolute atomic E-state index is 12.9. The van der Waals surface area contributed by atoms with Gasteiger partial charge >= 0.3 is 0 Å². The Balaban J connectivity index is 1.75. The van der Waals surface area contributed by atoms with Crippen molar-refractivity contribution in [3.05, 3.63) is 41.1 Å². The standard InChI is InChI=1S/C22H30N2O2/c1-15(2)13-24(22(25)18-7-5-6-8-18)14-20-12-21(26-23-20)19-10-9-16(3)17(4)11-19/h9-12,15,18H,5-8,13-14H2,1-4H3. The first-order valence-corrected chi connectivity index (χ1v) is 9.76. The first-order valence-electron chi connectivity index (χ1n) is 9.76. The highest BCUT2D eigenvalue weighted by molar-refractivity contribution is 5.79. The molecule has 0 atom stereocenters. The lowest BCUT2D eigenvalue weighted by atomic mass is 10.0. The summed E-state index contributed by atoms with van der Waals surface area (Å²) in [7, 11) is 0. The van der Waals surface area contributed by atoms with Crippen LogP contribution in [0.15, 0.2) is 28.8 Å². The number of aryl methyl sites for hydroxylation is 2. The number of rotatable bonds is 6. The largest absolute Gasteiger partial charge is 0.356 e. The molecule has 0 radical (unpaired) electrons. The van der Waals surface area contributed by atoms with Crippen LogP contribution < -0.4 is 0 Å². The minimum absolute atomic E-state index is 0.194. The number of aromatic nitrogens is 1. The van der Waals surface area contributed by atoms with Crippen molar-refractivity contribution in [1.82, 2.24) is 10.1 Å². The predicted octanol–water partition coefficient (Wildman–Crippen LogP) is 5.13.